The van der Waals surface area contributed by atoms with Crippen molar-refractivity contribution in [2.45, 2.75) is 39.3 Å². The smallest absolute Gasteiger partial charge is 0.329 e. The number of rotatable bonds is 2. The van der Waals surface area contributed by atoms with E-state index in [1.54, 1.807) is 0 Å². The van der Waals surface area contributed by atoms with Crippen molar-refractivity contribution in [1.82, 2.24) is 5.32 Å². The largest absolute Gasteiger partial charge is 0.416 e. The van der Waals surface area contributed by atoms with Crippen LogP contribution in [0.15, 0.2) is 29.5 Å². The molecule has 0 unspecified atom stereocenters. The first kappa shape index (κ1) is 20.4. The second-order valence-corrected chi connectivity index (χ2v) is 8.23. The van der Waals surface area contributed by atoms with Crippen LogP contribution in [0.1, 0.15) is 38.7 Å². The van der Waals surface area contributed by atoms with Gasteiger partial charge < -0.3 is 10.6 Å². The van der Waals surface area contributed by atoms with Crippen molar-refractivity contribution in [3.8, 4) is 0 Å². The number of allylic oxidation sites excluding steroid dienone is 1. The molecule has 0 aromatic heterocycles. The van der Waals surface area contributed by atoms with Gasteiger partial charge in [0.25, 0.3) is 0 Å². The molecule has 1 heterocycles. The van der Waals surface area contributed by atoms with Gasteiger partial charge in [-0.25, -0.2) is 0 Å². The van der Waals surface area contributed by atoms with Gasteiger partial charge in [-0.2, -0.15) is 13.2 Å². The normalized spacial score (nSPS) is 21.9. The molecule has 1 aliphatic carbocycles. The predicted octanol–water partition coefficient (Wildman–Crippen LogP) is 4.08. The number of hydrogen-bond donors (Lipinski definition) is 2. The molecule has 0 fully saturated rings. The van der Waals surface area contributed by atoms with Crippen molar-refractivity contribution in [3.05, 3.63) is 40.1 Å². The minimum atomic E-state index is -4.60. The first-order valence-corrected chi connectivity index (χ1v) is 8.99. The average Bonchev–Trinajstić information content (AvgIpc) is 2.53. The molecule has 0 radical (unpaired) electrons. The number of carbonyl (C=O) groups excluding carboxylic acids is 3. The zero-order valence-electron chi connectivity index (χ0n) is 15.2. The maximum absolute atomic E-state index is 12.9. The summed E-state index contributed by atoms with van der Waals surface area (Å²) in [5.74, 6) is -2.48. The third-order valence-electron chi connectivity index (χ3n) is 4.82. The fraction of sp³-hybridized carbons (Fsp3) is 0.421. The van der Waals surface area contributed by atoms with Crippen LogP contribution >= 0.6 is 11.6 Å². The minimum Gasteiger partial charge on any atom is -0.329 e. The molecule has 5 nitrogen and oxygen atoms in total. The van der Waals surface area contributed by atoms with Gasteiger partial charge in [0.2, 0.25) is 11.8 Å². The summed E-state index contributed by atoms with van der Waals surface area (Å²) in [4.78, 5) is 37.4. The zero-order valence-corrected chi connectivity index (χ0v) is 15.9. The van der Waals surface area contributed by atoms with Crippen molar-refractivity contribution in [3.63, 3.8) is 0 Å². The lowest BCUT2D eigenvalue weighted by molar-refractivity contribution is -0.137. The van der Waals surface area contributed by atoms with Crippen LogP contribution in [-0.4, -0.2) is 17.6 Å². The SMILES string of the molecule is CC1(C)CC(=O)C2=C(C1)NC(=O)C[C@H]2C(=O)Nc1cc(C(F)(F)F)ccc1Cl. The Hall–Kier alpha value is -2.35. The lowest BCUT2D eigenvalue weighted by atomic mass is 9.71. The van der Waals surface area contributed by atoms with E-state index in [1.165, 1.54) is 0 Å². The highest BCUT2D eigenvalue weighted by Gasteiger charge is 2.42. The van der Waals surface area contributed by atoms with Crippen molar-refractivity contribution in [2.24, 2.45) is 11.3 Å². The number of amides is 2. The Kier molecular flexibility index (Phi) is 5.04. The van der Waals surface area contributed by atoms with Crippen LogP contribution in [0.25, 0.3) is 0 Å². The van der Waals surface area contributed by atoms with E-state index in [0.717, 1.165) is 18.2 Å². The number of carbonyl (C=O) groups is 3. The van der Waals surface area contributed by atoms with Crippen molar-refractivity contribution in [1.29, 1.82) is 0 Å². The third-order valence-corrected chi connectivity index (χ3v) is 5.15. The first-order chi connectivity index (χ1) is 12.9. The number of hydrogen-bond acceptors (Lipinski definition) is 3. The van der Waals surface area contributed by atoms with E-state index in [9.17, 15) is 27.6 Å². The molecule has 2 N–H and O–H groups in total. The molecule has 0 saturated carbocycles. The van der Waals surface area contributed by atoms with Gasteiger partial charge in [0, 0.05) is 24.1 Å². The van der Waals surface area contributed by atoms with Gasteiger partial charge in [0.1, 0.15) is 0 Å². The molecule has 1 atom stereocenters. The van der Waals surface area contributed by atoms with E-state index >= 15 is 0 Å². The van der Waals surface area contributed by atoms with Crippen LogP contribution in [-0.2, 0) is 20.6 Å². The maximum atomic E-state index is 12.9. The first-order valence-electron chi connectivity index (χ1n) is 8.61. The van der Waals surface area contributed by atoms with Crippen LogP contribution in [0.4, 0.5) is 18.9 Å². The van der Waals surface area contributed by atoms with Gasteiger partial charge in [0.05, 0.1) is 22.2 Å². The Morgan fingerprint density at radius 3 is 2.57 bits per heavy atom. The van der Waals surface area contributed by atoms with E-state index in [2.05, 4.69) is 10.6 Å². The Labute approximate surface area is 164 Å². The summed E-state index contributed by atoms with van der Waals surface area (Å²) in [5, 5.41) is 4.93. The number of nitrogens with one attached hydrogen (secondary N) is 2. The van der Waals surface area contributed by atoms with Gasteiger partial charge >= 0.3 is 6.18 Å². The summed E-state index contributed by atoms with van der Waals surface area (Å²) in [6.45, 7) is 3.76. The molecule has 1 aliphatic heterocycles. The van der Waals surface area contributed by atoms with E-state index in [0.29, 0.717) is 12.1 Å². The highest BCUT2D eigenvalue weighted by Crippen LogP contribution is 2.41. The van der Waals surface area contributed by atoms with E-state index < -0.39 is 29.5 Å². The number of ketones is 1. The van der Waals surface area contributed by atoms with Gasteiger partial charge in [-0.05, 0) is 30.0 Å². The quantitative estimate of drug-likeness (QED) is 0.765. The summed E-state index contributed by atoms with van der Waals surface area (Å²) < 4.78 is 38.8. The summed E-state index contributed by atoms with van der Waals surface area (Å²) in [6, 6.07) is 2.57. The fourth-order valence-corrected chi connectivity index (χ4v) is 3.76. The number of halogens is 4. The number of alkyl halides is 3. The van der Waals surface area contributed by atoms with Crippen LogP contribution in [0.5, 0.6) is 0 Å². The maximum Gasteiger partial charge on any atom is 0.416 e. The molecule has 0 saturated heterocycles. The highest BCUT2D eigenvalue weighted by atomic mass is 35.5. The van der Waals surface area contributed by atoms with Crippen LogP contribution in [0.2, 0.25) is 5.02 Å². The summed E-state index contributed by atoms with van der Waals surface area (Å²) in [6.07, 6.45) is -4.22. The molecular weight excluding hydrogens is 397 g/mol. The molecule has 150 valence electrons. The third kappa shape index (κ3) is 4.06. The van der Waals surface area contributed by atoms with Crippen LogP contribution in [0, 0.1) is 11.3 Å². The lowest BCUT2D eigenvalue weighted by Gasteiger charge is -2.37. The molecule has 0 bridgehead atoms. The van der Waals surface area contributed by atoms with Crippen LogP contribution < -0.4 is 10.6 Å². The van der Waals surface area contributed by atoms with Crippen LogP contribution in [0.3, 0.4) is 0 Å². The van der Waals surface area contributed by atoms with E-state index in [1.807, 2.05) is 13.8 Å². The summed E-state index contributed by atoms with van der Waals surface area (Å²) in [7, 11) is 0. The minimum absolute atomic E-state index is 0.0769. The average molecular weight is 415 g/mol. The number of benzene rings is 1. The number of anilines is 1. The molecule has 0 spiro atoms. The topological polar surface area (TPSA) is 75.3 Å². The lowest BCUT2D eigenvalue weighted by Crippen LogP contribution is -2.44. The van der Waals surface area contributed by atoms with Gasteiger partial charge in [-0.15, -0.1) is 0 Å². The van der Waals surface area contributed by atoms with E-state index in [4.69, 9.17) is 11.6 Å². The van der Waals surface area contributed by atoms with Crippen molar-refractivity contribution in [2.75, 3.05) is 5.32 Å². The van der Waals surface area contributed by atoms with E-state index in [-0.39, 0.29) is 40.3 Å². The monoisotopic (exact) mass is 414 g/mol. The Bertz CT molecular complexity index is 906. The standard InChI is InChI=1S/C19H18ClF3N2O3/c1-18(2)7-13-16(14(26)8-18)10(6-15(27)24-13)17(28)25-12-5-9(19(21,22)23)3-4-11(12)20/h3-5,10H,6-8H2,1-2H3,(H,24,27)(H,25,28)/t10-/m1/s1. The van der Waals surface area contributed by atoms with Crippen molar-refractivity contribution < 1.29 is 27.6 Å². The molecular formula is C19H18ClF3N2O3. The molecule has 28 heavy (non-hydrogen) atoms. The highest BCUT2D eigenvalue weighted by molar-refractivity contribution is 6.33. The number of Topliss-reactive ketones (excluding diaryl/α,β-unsaturated/α-hetero) is 1. The molecule has 9 heteroatoms. The predicted molar refractivity (Wildman–Crippen MR) is 96.4 cm³/mol. The zero-order chi connectivity index (χ0) is 20.9. The molecule has 2 amide bonds. The molecule has 1 aromatic rings. The molecule has 2 aliphatic rings. The second-order valence-electron chi connectivity index (χ2n) is 7.82. The Morgan fingerprint density at radius 1 is 1.25 bits per heavy atom. The van der Waals surface area contributed by atoms with Crippen molar-refractivity contribution >= 4 is 34.9 Å². The summed E-state index contributed by atoms with van der Waals surface area (Å²) >= 11 is 5.92. The molecule has 1 aromatic carbocycles. The fourth-order valence-electron chi connectivity index (χ4n) is 3.60. The Balaban J connectivity index is 1.92. The molecule has 3 rings (SSSR count). The van der Waals surface area contributed by atoms with Gasteiger partial charge in [-0.3, -0.25) is 14.4 Å². The Morgan fingerprint density at radius 2 is 1.93 bits per heavy atom. The summed E-state index contributed by atoms with van der Waals surface area (Å²) in [5.41, 5.74) is -0.916. The van der Waals surface area contributed by atoms with Gasteiger partial charge in [0.15, 0.2) is 5.78 Å². The second kappa shape index (κ2) is 6.92. The van der Waals surface area contributed by atoms with Gasteiger partial charge in [-0.1, -0.05) is 25.4 Å².